The van der Waals surface area contributed by atoms with Crippen molar-refractivity contribution in [3.05, 3.63) is 27.7 Å². The predicted molar refractivity (Wildman–Crippen MR) is 62.3 cm³/mol. The maximum Gasteiger partial charge on any atom is 0.322 e. The Morgan fingerprint density at radius 3 is 2.81 bits per heavy atom. The summed E-state index contributed by atoms with van der Waals surface area (Å²) in [5, 5.41) is 2.66. The van der Waals surface area contributed by atoms with Crippen molar-refractivity contribution in [2.45, 2.75) is 12.8 Å². The molecule has 1 atom stereocenters. The second kappa shape index (κ2) is 3.90. The van der Waals surface area contributed by atoms with Crippen LogP contribution in [0.5, 0.6) is 0 Å². The number of carbonyl (C=O) groups is 2. The molecule has 1 heterocycles. The van der Waals surface area contributed by atoms with Crippen molar-refractivity contribution in [3.8, 4) is 0 Å². The van der Waals surface area contributed by atoms with Gasteiger partial charge in [0.05, 0.1) is 7.11 Å². The third kappa shape index (κ3) is 1.51. The molecule has 0 saturated heterocycles. The number of aryl methyl sites for hydroxylation is 1. The normalized spacial score (nSPS) is 17.9. The lowest BCUT2D eigenvalue weighted by Crippen LogP contribution is -2.22. The molecule has 84 valence electrons. The molecule has 0 radical (unpaired) electrons. The number of carbonyl (C=O) groups excluding carboxylic acids is 2. The van der Waals surface area contributed by atoms with Crippen LogP contribution in [-0.4, -0.2) is 19.0 Å². The van der Waals surface area contributed by atoms with E-state index in [-0.39, 0.29) is 5.91 Å². The van der Waals surface area contributed by atoms with Gasteiger partial charge in [-0.05, 0) is 18.6 Å². The molecule has 1 unspecified atom stereocenters. The summed E-state index contributed by atoms with van der Waals surface area (Å²) in [7, 11) is 1.28. The van der Waals surface area contributed by atoms with Crippen molar-refractivity contribution < 1.29 is 14.3 Å². The number of amides is 1. The lowest BCUT2D eigenvalue weighted by molar-refractivity contribution is -0.144. The molecule has 2 rings (SSSR count). The summed E-state index contributed by atoms with van der Waals surface area (Å²) in [6.07, 6.45) is 0. The first-order chi connectivity index (χ1) is 7.56. The van der Waals surface area contributed by atoms with E-state index in [1.807, 2.05) is 13.0 Å². The van der Waals surface area contributed by atoms with Gasteiger partial charge in [-0.2, -0.15) is 0 Å². The number of methoxy groups -OCH3 is 1. The Labute approximate surface area is 101 Å². The van der Waals surface area contributed by atoms with Gasteiger partial charge in [0.1, 0.15) is 0 Å². The molecule has 0 aromatic heterocycles. The fourth-order valence-corrected chi connectivity index (χ4v) is 2.35. The van der Waals surface area contributed by atoms with Crippen molar-refractivity contribution in [1.82, 2.24) is 0 Å². The van der Waals surface area contributed by atoms with Crippen LogP contribution in [0.1, 0.15) is 17.0 Å². The van der Waals surface area contributed by atoms with Crippen LogP contribution < -0.4 is 5.32 Å². The molecule has 5 heteroatoms. The number of anilines is 1. The zero-order valence-corrected chi connectivity index (χ0v) is 10.4. The van der Waals surface area contributed by atoms with Crippen LogP contribution in [0.15, 0.2) is 16.6 Å². The topological polar surface area (TPSA) is 55.4 Å². The van der Waals surface area contributed by atoms with E-state index in [9.17, 15) is 9.59 Å². The van der Waals surface area contributed by atoms with Crippen molar-refractivity contribution in [2.24, 2.45) is 0 Å². The van der Waals surface area contributed by atoms with Crippen LogP contribution in [0.2, 0.25) is 0 Å². The van der Waals surface area contributed by atoms with Gasteiger partial charge in [0, 0.05) is 15.7 Å². The van der Waals surface area contributed by atoms with Crippen molar-refractivity contribution >= 4 is 33.5 Å². The van der Waals surface area contributed by atoms with Crippen LogP contribution in [0, 0.1) is 6.92 Å². The lowest BCUT2D eigenvalue weighted by atomic mass is 9.99. The largest absolute Gasteiger partial charge is 0.468 e. The molecule has 1 aromatic carbocycles. The van der Waals surface area contributed by atoms with E-state index in [1.54, 1.807) is 6.07 Å². The molecule has 0 saturated carbocycles. The zero-order chi connectivity index (χ0) is 11.9. The Morgan fingerprint density at radius 1 is 1.50 bits per heavy atom. The summed E-state index contributed by atoms with van der Waals surface area (Å²) in [5.41, 5.74) is 2.30. The molecule has 16 heavy (non-hydrogen) atoms. The number of halogens is 1. The fraction of sp³-hybridized carbons (Fsp3) is 0.273. The fourth-order valence-electron chi connectivity index (χ4n) is 1.77. The summed E-state index contributed by atoms with van der Waals surface area (Å²) in [4.78, 5) is 23.2. The van der Waals surface area contributed by atoms with Gasteiger partial charge in [0.15, 0.2) is 5.92 Å². The van der Waals surface area contributed by atoms with Gasteiger partial charge in [-0.25, -0.2) is 0 Å². The van der Waals surface area contributed by atoms with E-state index in [4.69, 9.17) is 0 Å². The summed E-state index contributed by atoms with van der Waals surface area (Å²) >= 11 is 3.40. The highest BCUT2D eigenvalue weighted by atomic mass is 79.9. The van der Waals surface area contributed by atoms with E-state index < -0.39 is 11.9 Å². The van der Waals surface area contributed by atoms with Crippen LogP contribution in [-0.2, 0) is 14.3 Å². The number of ether oxygens (including phenoxy) is 1. The zero-order valence-electron chi connectivity index (χ0n) is 8.83. The van der Waals surface area contributed by atoms with Gasteiger partial charge >= 0.3 is 5.97 Å². The first kappa shape index (κ1) is 11.1. The smallest absolute Gasteiger partial charge is 0.322 e. The second-order valence-corrected chi connectivity index (χ2v) is 4.40. The lowest BCUT2D eigenvalue weighted by Gasteiger charge is -2.09. The van der Waals surface area contributed by atoms with Crippen LogP contribution in [0.25, 0.3) is 0 Å². The average molecular weight is 284 g/mol. The van der Waals surface area contributed by atoms with Crippen molar-refractivity contribution in [1.29, 1.82) is 0 Å². The van der Waals surface area contributed by atoms with Gasteiger partial charge in [0.25, 0.3) is 0 Å². The standard InChI is InChI=1S/C11H10BrNO3/c1-5-3-4-6-7(9(5)12)8(10(14)13-6)11(15)16-2/h3-4,8H,1-2H3,(H,13,14). The number of esters is 1. The van der Waals surface area contributed by atoms with Crippen molar-refractivity contribution in [2.75, 3.05) is 12.4 Å². The van der Waals surface area contributed by atoms with Gasteiger partial charge < -0.3 is 10.1 Å². The molecular weight excluding hydrogens is 274 g/mol. The monoisotopic (exact) mass is 283 g/mol. The quantitative estimate of drug-likeness (QED) is 0.633. The molecule has 0 aliphatic carbocycles. The molecule has 1 N–H and O–H groups in total. The van der Waals surface area contributed by atoms with E-state index >= 15 is 0 Å². The first-order valence-electron chi connectivity index (χ1n) is 4.74. The minimum atomic E-state index is -0.866. The van der Waals surface area contributed by atoms with Crippen LogP contribution in [0.4, 0.5) is 5.69 Å². The number of fused-ring (bicyclic) bond motifs is 1. The summed E-state index contributed by atoms with van der Waals surface area (Å²) in [6, 6.07) is 3.67. The number of nitrogens with one attached hydrogen (secondary N) is 1. The predicted octanol–water partition coefficient (Wildman–Crippen LogP) is 1.97. The Morgan fingerprint density at radius 2 is 2.19 bits per heavy atom. The van der Waals surface area contributed by atoms with E-state index in [0.717, 1.165) is 10.0 Å². The van der Waals surface area contributed by atoms with E-state index in [2.05, 4.69) is 26.0 Å². The Bertz CT molecular complexity index is 476. The number of hydrogen-bond donors (Lipinski definition) is 1. The minimum absolute atomic E-state index is 0.340. The van der Waals surface area contributed by atoms with E-state index in [0.29, 0.717) is 11.3 Å². The summed E-state index contributed by atoms with van der Waals surface area (Å²) < 4.78 is 5.41. The molecule has 1 aliphatic rings. The van der Waals surface area contributed by atoms with Crippen molar-refractivity contribution in [3.63, 3.8) is 0 Å². The number of hydrogen-bond acceptors (Lipinski definition) is 3. The molecule has 1 aliphatic heterocycles. The van der Waals surface area contributed by atoms with Gasteiger partial charge in [-0.3, -0.25) is 9.59 Å². The third-order valence-corrected chi connectivity index (χ3v) is 3.67. The van der Waals surface area contributed by atoms with Crippen LogP contribution >= 0.6 is 15.9 Å². The second-order valence-electron chi connectivity index (χ2n) is 3.60. The summed E-state index contributed by atoms with van der Waals surface area (Å²) in [5.74, 6) is -1.75. The Hall–Kier alpha value is -1.36. The summed E-state index contributed by atoms with van der Waals surface area (Å²) in [6.45, 7) is 1.90. The maximum atomic E-state index is 11.7. The van der Waals surface area contributed by atoms with Gasteiger partial charge in [0.2, 0.25) is 5.91 Å². The highest BCUT2D eigenvalue weighted by Crippen LogP contribution is 2.40. The van der Waals surface area contributed by atoms with E-state index in [1.165, 1.54) is 7.11 Å². The first-order valence-corrected chi connectivity index (χ1v) is 5.53. The maximum absolute atomic E-state index is 11.7. The molecular formula is C11H10BrNO3. The minimum Gasteiger partial charge on any atom is -0.468 e. The molecule has 1 amide bonds. The SMILES string of the molecule is COC(=O)C1C(=O)Nc2ccc(C)c(Br)c21. The van der Waals surface area contributed by atoms with Gasteiger partial charge in [-0.1, -0.05) is 22.0 Å². The molecule has 0 fully saturated rings. The molecule has 4 nitrogen and oxygen atoms in total. The molecule has 1 aromatic rings. The average Bonchev–Trinajstić information content (AvgIpc) is 2.60. The third-order valence-electron chi connectivity index (χ3n) is 2.62. The number of rotatable bonds is 1. The highest BCUT2D eigenvalue weighted by molar-refractivity contribution is 9.10. The Kier molecular flexibility index (Phi) is 2.71. The molecule has 0 spiro atoms. The Balaban J connectivity index is 2.59. The highest BCUT2D eigenvalue weighted by Gasteiger charge is 2.39. The molecule has 0 bridgehead atoms. The van der Waals surface area contributed by atoms with Crippen LogP contribution in [0.3, 0.4) is 0 Å². The van der Waals surface area contributed by atoms with Gasteiger partial charge in [-0.15, -0.1) is 0 Å². The number of benzene rings is 1.